The number of rotatable bonds is 6. The highest BCUT2D eigenvalue weighted by Crippen LogP contribution is 2.34. The van der Waals surface area contributed by atoms with E-state index in [1.54, 1.807) is 12.1 Å². The summed E-state index contributed by atoms with van der Waals surface area (Å²) >= 11 is 0. The summed E-state index contributed by atoms with van der Waals surface area (Å²) in [7, 11) is 0. The van der Waals surface area contributed by atoms with Gasteiger partial charge >= 0.3 is 0 Å². The van der Waals surface area contributed by atoms with Crippen LogP contribution in [0.1, 0.15) is 44.4 Å². The number of ether oxygens (including phenoxy) is 1. The lowest BCUT2D eigenvalue weighted by Crippen LogP contribution is -2.24. The van der Waals surface area contributed by atoms with Crippen molar-refractivity contribution in [2.45, 2.75) is 39.7 Å². The monoisotopic (exact) mass is 431 g/mol. The van der Waals surface area contributed by atoms with Gasteiger partial charge in [-0.1, -0.05) is 20.8 Å². The smallest absolute Gasteiger partial charge is 0.223 e. The van der Waals surface area contributed by atoms with Crippen molar-refractivity contribution >= 4 is 17.3 Å². The second kappa shape index (κ2) is 8.86. The minimum atomic E-state index is 0.146. The number of benzene rings is 2. The Morgan fingerprint density at radius 3 is 2.38 bits per heavy atom. The van der Waals surface area contributed by atoms with Crippen LogP contribution in [-0.2, 0) is 11.3 Å². The number of likely N-dealkylation sites (tertiary alicyclic amines) is 1. The highest BCUT2D eigenvalue weighted by molar-refractivity contribution is 5.79. The first-order valence-corrected chi connectivity index (χ1v) is 10.9. The maximum atomic E-state index is 12.3. The molecule has 1 atom stereocenters. The Morgan fingerprint density at radius 1 is 1.06 bits per heavy atom. The van der Waals surface area contributed by atoms with Crippen molar-refractivity contribution in [3.05, 3.63) is 59.8 Å². The Labute approximate surface area is 188 Å². The number of anilines is 2. The molecule has 0 radical (unpaired) electrons. The number of nitrogen functional groups attached to an aromatic ring is 2. The zero-order chi connectivity index (χ0) is 22.8. The first-order chi connectivity index (χ1) is 15.3. The lowest BCUT2D eigenvalue weighted by molar-refractivity contribution is -0.128. The molecule has 166 valence electrons. The van der Waals surface area contributed by atoms with Gasteiger partial charge in [-0.25, -0.2) is 0 Å². The van der Waals surface area contributed by atoms with Gasteiger partial charge in [0.2, 0.25) is 5.91 Å². The third kappa shape index (κ3) is 4.66. The maximum absolute atomic E-state index is 12.3. The molecule has 7 nitrogen and oxygen atoms in total. The summed E-state index contributed by atoms with van der Waals surface area (Å²) in [5, 5.41) is 8.63. The first kappa shape index (κ1) is 21.6. The summed E-state index contributed by atoms with van der Waals surface area (Å²) in [6.45, 7) is 7.43. The molecule has 4 N–H and O–H groups in total. The number of carbonyl (C=O) groups is 1. The predicted octanol–water partition coefficient (Wildman–Crippen LogP) is 4.59. The standard InChI is InChI=1S/C25H29N5O2/c1-15(2)22-8-9-23(29-28-22)17-4-6-19(7-5-17)32-24-12-21(27)20(26)11-18(24)14-30-13-16(3)10-25(30)31/h4-9,11-12,15-16H,10,13-14,26-27H2,1-3H3. The Hall–Kier alpha value is -3.61. The largest absolute Gasteiger partial charge is 0.457 e. The molecule has 2 heterocycles. The average molecular weight is 432 g/mol. The average Bonchev–Trinajstić information content (AvgIpc) is 3.09. The molecule has 1 amide bonds. The molecule has 2 aromatic carbocycles. The summed E-state index contributed by atoms with van der Waals surface area (Å²) < 4.78 is 6.15. The summed E-state index contributed by atoms with van der Waals surface area (Å²) in [4.78, 5) is 14.1. The van der Waals surface area contributed by atoms with Gasteiger partial charge in [0.25, 0.3) is 0 Å². The van der Waals surface area contributed by atoms with Crippen LogP contribution in [0, 0.1) is 5.92 Å². The summed E-state index contributed by atoms with van der Waals surface area (Å²) in [6.07, 6.45) is 0.573. The molecule has 3 aromatic rings. The molecule has 1 saturated heterocycles. The molecule has 0 saturated carbocycles. The summed E-state index contributed by atoms with van der Waals surface area (Å²) in [5.41, 5.74) is 16.5. The van der Waals surface area contributed by atoms with Crippen LogP contribution in [0.4, 0.5) is 11.4 Å². The van der Waals surface area contributed by atoms with E-state index in [1.807, 2.05) is 41.3 Å². The fourth-order valence-corrected chi connectivity index (χ4v) is 3.83. The number of nitrogens with two attached hydrogens (primary N) is 2. The molecule has 4 rings (SSSR count). The van der Waals surface area contributed by atoms with E-state index in [2.05, 4.69) is 31.0 Å². The van der Waals surface area contributed by atoms with Crippen LogP contribution in [0.2, 0.25) is 0 Å². The van der Waals surface area contributed by atoms with Crippen molar-refractivity contribution in [2.24, 2.45) is 5.92 Å². The minimum Gasteiger partial charge on any atom is -0.457 e. The third-order valence-electron chi connectivity index (χ3n) is 5.69. The summed E-state index contributed by atoms with van der Waals surface area (Å²) in [6, 6.07) is 15.1. The Bertz CT molecular complexity index is 1110. The third-order valence-corrected chi connectivity index (χ3v) is 5.69. The van der Waals surface area contributed by atoms with E-state index in [-0.39, 0.29) is 5.91 Å². The molecule has 1 aliphatic heterocycles. The van der Waals surface area contributed by atoms with E-state index in [1.165, 1.54) is 0 Å². The van der Waals surface area contributed by atoms with Gasteiger partial charge in [0.1, 0.15) is 11.5 Å². The molecular weight excluding hydrogens is 402 g/mol. The lowest BCUT2D eigenvalue weighted by atomic mass is 10.1. The fourth-order valence-electron chi connectivity index (χ4n) is 3.83. The highest BCUT2D eigenvalue weighted by Gasteiger charge is 2.27. The van der Waals surface area contributed by atoms with E-state index in [4.69, 9.17) is 16.2 Å². The molecular formula is C25H29N5O2. The van der Waals surface area contributed by atoms with Gasteiger partial charge in [0.15, 0.2) is 0 Å². The van der Waals surface area contributed by atoms with Crippen LogP contribution in [0.3, 0.4) is 0 Å². The molecule has 0 spiro atoms. The van der Waals surface area contributed by atoms with Gasteiger partial charge in [0, 0.05) is 36.7 Å². The molecule has 0 aliphatic carbocycles. The molecule has 1 aromatic heterocycles. The van der Waals surface area contributed by atoms with E-state index in [9.17, 15) is 4.79 Å². The van der Waals surface area contributed by atoms with Crippen LogP contribution in [0.25, 0.3) is 11.3 Å². The van der Waals surface area contributed by atoms with Gasteiger partial charge < -0.3 is 21.1 Å². The molecule has 1 fully saturated rings. The van der Waals surface area contributed by atoms with Crippen LogP contribution < -0.4 is 16.2 Å². The van der Waals surface area contributed by atoms with E-state index in [0.29, 0.717) is 47.7 Å². The van der Waals surface area contributed by atoms with Crippen molar-refractivity contribution in [3.8, 4) is 22.8 Å². The van der Waals surface area contributed by atoms with E-state index < -0.39 is 0 Å². The number of amides is 1. The van der Waals surface area contributed by atoms with Crippen molar-refractivity contribution in [1.82, 2.24) is 15.1 Å². The molecule has 7 heteroatoms. The van der Waals surface area contributed by atoms with Crippen molar-refractivity contribution in [3.63, 3.8) is 0 Å². The van der Waals surface area contributed by atoms with Crippen LogP contribution in [0.15, 0.2) is 48.5 Å². The van der Waals surface area contributed by atoms with Crippen LogP contribution in [0.5, 0.6) is 11.5 Å². The van der Waals surface area contributed by atoms with Crippen molar-refractivity contribution < 1.29 is 9.53 Å². The Balaban J connectivity index is 1.54. The van der Waals surface area contributed by atoms with Crippen LogP contribution in [-0.4, -0.2) is 27.5 Å². The normalized spacial score (nSPS) is 16.1. The van der Waals surface area contributed by atoms with Gasteiger partial charge in [-0.3, -0.25) is 4.79 Å². The van der Waals surface area contributed by atoms with Gasteiger partial charge in [-0.05, 0) is 54.3 Å². The zero-order valence-corrected chi connectivity index (χ0v) is 18.7. The van der Waals surface area contributed by atoms with E-state index in [0.717, 1.165) is 29.1 Å². The zero-order valence-electron chi connectivity index (χ0n) is 18.7. The molecule has 0 bridgehead atoms. The molecule has 1 aliphatic rings. The van der Waals surface area contributed by atoms with Crippen molar-refractivity contribution in [1.29, 1.82) is 0 Å². The number of nitrogens with zero attached hydrogens (tertiary/aromatic N) is 3. The van der Waals surface area contributed by atoms with Crippen molar-refractivity contribution in [2.75, 3.05) is 18.0 Å². The Morgan fingerprint density at radius 2 is 1.78 bits per heavy atom. The SMILES string of the molecule is CC1CC(=O)N(Cc2cc(N)c(N)cc2Oc2ccc(-c3ccc(C(C)C)nn3)cc2)C1. The van der Waals surface area contributed by atoms with Crippen LogP contribution >= 0.6 is 0 Å². The molecule has 32 heavy (non-hydrogen) atoms. The van der Waals surface area contributed by atoms with Gasteiger partial charge in [-0.15, -0.1) is 0 Å². The lowest BCUT2D eigenvalue weighted by Gasteiger charge is -2.20. The Kier molecular flexibility index (Phi) is 5.99. The number of hydrogen-bond donors (Lipinski definition) is 2. The maximum Gasteiger partial charge on any atom is 0.223 e. The fraction of sp³-hybridized carbons (Fsp3) is 0.320. The predicted molar refractivity (Wildman–Crippen MR) is 126 cm³/mol. The quantitative estimate of drug-likeness (QED) is 0.553. The summed E-state index contributed by atoms with van der Waals surface area (Å²) in [5.74, 6) is 2.09. The molecule has 1 unspecified atom stereocenters. The van der Waals surface area contributed by atoms with Gasteiger partial charge in [-0.2, -0.15) is 10.2 Å². The van der Waals surface area contributed by atoms with Gasteiger partial charge in [0.05, 0.1) is 22.8 Å². The topological polar surface area (TPSA) is 107 Å². The first-order valence-electron chi connectivity index (χ1n) is 10.9. The number of hydrogen-bond acceptors (Lipinski definition) is 6. The number of carbonyl (C=O) groups excluding carboxylic acids is 1. The van der Waals surface area contributed by atoms with E-state index >= 15 is 0 Å². The number of aromatic nitrogens is 2. The second-order valence-electron chi connectivity index (χ2n) is 8.80. The second-order valence-corrected chi connectivity index (χ2v) is 8.80. The highest BCUT2D eigenvalue weighted by atomic mass is 16.5. The minimum absolute atomic E-state index is 0.146.